The van der Waals surface area contributed by atoms with E-state index in [9.17, 15) is 4.79 Å². The zero-order chi connectivity index (χ0) is 23.4. The van der Waals surface area contributed by atoms with Gasteiger partial charge in [-0.25, -0.2) is 0 Å². The largest absolute Gasteiger partial charge is 0.368 e. The molecule has 176 valence electrons. The maximum atomic E-state index is 11.9. The molecule has 0 radical (unpaired) electrons. The lowest BCUT2D eigenvalue weighted by molar-refractivity contribution is -0.116. The van der Waals surface area contributed by atoms with E-state index in [1.165, 1.54) is 23.2 Å². The fourth-order valence-corrected chi connectivity index (χ4v) is 4.38. The van der Waals surface area contributed by atoms with Crippen LogP contribution in [0.4, 0.5) is 5.69 Å². The first-order chi connectivity index (χ1) is 16.8. The van der Waals surface area contributed by atoms with Gasteiger partial charge in [0.2, 0.25) is 5.91 Å². The Hall–Kier alpha value is -3.44. The number of amides is 1. The Balaban J connectivity index is 1.12. The highest BCUT2D eigenvalue weighted by atomic mass is 16.1. The second kappa shape index (κ2) is 12.7. The highest BCUT2D eigenvalue weighted by Crippen LogP contribution is 2.31. The molecule has 34 heavy (non-hydrogen) atoms. The van der Waals surface area contributed by atoms with E-state index in [1.807, 2.05) is 12.1 Å². The highest BCUT2D eigenvalue weighted by Gasteiger charge is 2.19. The Labute approximate surface area is 203 Å². The number of nitrogens with one attached hydrogen (secondary N) is 1. The Morgan fingerprint density at radius 3 is 2.47 bits per heavy atom. The zero-order valence-corrected chi connectivity index (χ0v) is 19.8. The van der Waals surface area contributed by atoms with Crippen LogP contribution >= 0.6 is 0 Å². The summed E-state index contributed by atoms with van der Waals surface area (Å²) >= 11 is 0. The lowest BCUT2D eigenvalue weighted by Crippen LogP contribution is -2.46. The minimum atomic E-state index is -0.0456. The molecule has 1 aliphatic heterocycles. The van der Waals surface area contributed by atoms with Gasteiger partial charge in [-0.15, -0.1) is 0 Å². The van der Waals surface area contributed by atoms with Gasteiger partial charge in [-0.1, -0.05) is 61.0 Å². The molecule has 0 atom stereocenters. The van der Waals surface area contributed by atoms with Crippen molar-refractivity contribution in [2.45, 2.75) is 19.3 Å². The number of carbonyl (C=O) groups is 1. The van der Waals surface area contributed by atoms with Gasteiger partial charge < -0.3 is 10.2 Å². The minimum Gasteiger partial charge on any atom is -0.368 e. The van der Waals surface area contributed by atoms with Crippen LogP contribution in [0.2, 0.25) is 0 Å². The van der Waals surface area contributed by atoms with Crippen molar-refractivity contribution in [2.75, 3.05) is 44.2 Å². The lowest BCUT2D eigenvalue weighted by atomic mass is 10.0. The normalized spacial score (nSPS) is 14.4. The summed E-state index contributed by atoms with van der Waals surface area (Å²) in [5.74, 6) is -0.0456. The molecule has 5 nitrogen and oxygen atoms in total. The molecule has 0 saturated carbocycles. The molecule has 0 spiro atoms. The van der Waals surface area contributed by atoms with Crippen molar-refractivity contribution >= 4 is 17.7 Å². The van der Waals surface area contributed by atoms with Crippen LogP contribution in [0.3, 0.4) is 0 Å². The zero-order valence-electron chi connectivity index (χ0n) is 19.8. The molecule has 1 amide bonds. The summed E-state index contributed by atoms with van der Waals surface area (Å²) in [6.07, 6.45) is 10.1. The molecule has 3 aromatic rings. The smallest absolute Gasteiger partial charge is 0.243 e. The van der Waals surface area contributed by atoms with Gasteiger partial charge in [0.1, 0.15) is 0 Å². The van der Waals surface area contributed by atoms with Crippen LogP contribution in [0.5, 0.6) is 0 Å². The second-order valence-corrected chi connectivity index (χ2v) is 8.68. The van der Waals surface area contributed by atoms with Gasteiger partial charge in [0.25, 0.3) is 0 Å². The summed E-state index contributed by atoms with van der Waals surface area (Å²) in [6.45, 7) is 6.16. The number of carbonyl (C=O) groups excluding carboxylic acids is 1. The van der Waals surface area contributed by atoms with Gasteiger partial charge in [-0.05, 0) is 48.7 Å². The molecule has 1 fully saturated rings. The third-order valence-corrected chi connectivity index (χ3v) is 6.26. The molecule has 0 unspecified atom stereocenters. The number of nitrogens with zero attached hydrogens (tertiary/aromatic N) is 3. The number of para-hydroxylation sites is 1. The maximum Gasteiger partial charge on any atom is 0.243 e. The quantitative estimate of drug-likeness (QED) is 0.351. The minimum absolute atomic E-state index is 0.0456. The van der Waals surface area contributed by atoms with Gasteiger partial charge in [0, 0.05) is 62.4 Å². The number of anilines is 1. The molecular formula is C29H34N4O. The van der Waals surface area contributed by atoms with E-state index in [1.54, 1.807) is 24.5 Å². The summed E-state index contributed by atoms with van der Waals surface area (Å²) in [5.41, 5.74) is 4.86. The van der Waals surface area contributed by atoms with E-state index in [0.717, 1.165) is 57.7 Å². The van der Waals surface area contributed by atoms with Crippen LogP contribution < -0.4 is 10.2 Å². The Bertz CT molecular complexity index is 1040. The molecule has 1 aliphatic rings. The third kappa shape index (κ3) is 7.03. The summed E-state index contributed by atoms with van der Waals surface area (Å²) in [5, 5.41) is 2.97. The molecule has 1 saturated heterocycles. The highest BCUT2D eigenvalue weighted by molar-refractivity contribution is 5.91. The van der Waals surface area contributed by atoms with Crippen molar-refractivity contribution in [3.05, 3.63) is 90.8 Å². The standard InChI is InChI=1S/C29H34N4O/c34-29(16-15-25-10-9-17-30-24-25)31-18-7-2-8-19-32-20-22-33(23-21-32)28-14-6-5-13-27(28)26-11-3-1-4-12-26/h1,3-6,9-17,24H,2,7-8,18-23H2,(H,31,34)/b16-15-. The van der Waals surface area contributed by atoms with Crippen molar-refractivity contribution in [1.82, 2.24) is 15.2 Å². The molecule has 0 aliphatic carbocycles. The van der Waals surface area contributed by atoms with Gasteiger partial charge in [0.15, 0.2) is 0 Å². The second-order valence-electron chi connectivity index (χ2n) is 8.68. The molecule has 1 aromatic heterocycles. The number of aromatic nitrogens is 1. The lowest BCUT2D eigenvalue weighted by Gasteiger charge is -2.37. The Morgan fingerprint density at radius 1 is 0.882 bits per heavy atom. The third-order valence-electron chi connectivity index (χ3n) is 6.26. The maximum absolute atomic E-state index is 11.9. The van der Waals surface area contributed by atoms with Crippen LogP contribution in [0, 0.1) is 0 Å². The van der Waals surface area contributed by atoms with Gasteiger partial charge in [-0.3, -0.25) is 14.7 Å². The van der Waals surface area contributed by atoms with Crippen LogP contribution in [0.15, 0.2) is 85.2 Å². The van der Waals surface area contributed by atoms with E-state index in [2.05, 4.69) is 74.7 Å². The van der Waals surface area contributed by atoms with Crippen molar-refractivity contribution in [2.24, 2.45) is 0 Å². The number of rotatable bonds is 10. The monoisotopic (exact) mass is 454 g/mol. The van der Waals surface area contributed by atoms with E-state index < -0.39 is 0 Å². The fourth-order valence-electron chi connectivity index (χ4n) is 4.38. The predicted molar refractivity (Wildman–Crippen MR) is 141 cm³/mol. The topological polar surface area (TPSA) is 48.5 Å². The Kier molecular flexibility index (Phi) is 8.86. The average Bonchev–Trinajstić information content (AvgIpc) is 2.91. The molecule has 1 N–H and O–H groups in total. The molecular weight excluding hydrogens is 420 g/mol. The van der Waals surface area contributed by atoms with Gasteiger partial charge in [0.05, 0.1) is 0 Å². The van der Waals surface area contributed by atoms with Gasteiger partial charge >= 0.3 is 0 Å². The van der Waals surface area contributed by atoms with E-state index in [4.69, 9.17) is 0 Å². The number of benzene rings is 2. The molecule has 4 rings (SSSR count). The van der Waals surface area contributed by atoms with E-state index in [0.29, 0.717) is 0 Å². The fraction of sp³-hybridized carbons (Fsp3) is 0.310. The molecule has 5 heteroatoms. The first kappa shape index (κ1) is 23.7. The number of hydrogen-bond acceptors (Lipinski definition) is 4. The average molecular weight is 455 g/mol. The Morgan fingerprint density at radius 2 is 1.68 bits per heavy atom. The van der Waals surface area contributed by atoms with Crippen molar-refractivity contribution in [3.8, 4) is 11.1 Å². The number of unbranched alkanes of at least 4 members (excludes halogenated alkanes) is 2. The van der Waals surface area contributed by atoms with Crippen LogP contribution in [0.1, 0.15) is 24.8 Å². The molecule has 0 bridgehead atoms. The summed E-state index contributed by atoms with van der Waals surface area (Å²) in [6, 6.07) is 23.2. The SMILES string of the molecule is O=C(/C=C\c1cccnc1)NCCCCCN1CCN(c2ccccc2-c2ccccc2)CC1. The molecule has 2 aromatic carbocycles. The van der Waals surface area contributed by atoms with Crippen molar-refractivity contribution < 1.29 is 4.79 Å². The predicted octanol–water partition coefficient (Wildman–Crippen LogP) is 4.87. The summed E-state index contributed by atoms with van der Waals surface area (Å²) in [4.78, 5) is 21.1. The van der Waals surface area contributed by atoms with Crippen molar-refractivity contribution in [1.29, 1.82) is 0 Å². The van der Waals surface area contributed by atoms with Crippen LogP contribution in [0.25, 0.3) is 17.2 Å². The number of pyridine rings is 1. The van der Waals surface area contributed by atoms with Crippen LogP contribution in [-0.2, 0) is 4.79 Å². The first-order valence-corrected chi connectivity index (χ1v) is 12.3. The van der Waals surface area contributed by atoms with Crippen LogP contribution in [-0.4, -0.2) is 55.1 Å². The summed E-state index contributed by atoms with van der Waals surface area (Å²) in [7, 11) is 0. The van der Waals surface area contributed by atoms with Gasteiger partial charge in [-0.2, -0.15) is 0 Å². The first-order valence-electron chi connectivity index (χ1n) is 12.3. The number of hydrogen-bond donors (Lipinski definition) is 1. The molecule has 2 heterocycles. The number of piperazine rings is 1. The summed E-state index contributed by atoms with van der Waals surface area (Å²) < 4.78 is 0. The van der Waals surface area contributed by atoms with Crippen molar-refractivity contribution in [3.63, 3.8) is 0 Å². The van der Waals surface area contributed by atoms with E-state index >= 15 is 0 Å². The van der Waals surface area contributed by atoms with E-state index in [-0.39, 0.29) is 5.91 Å².